The first-order chi connectivity index (χ1) is 9.81. The summed E-state index contributed by atoms with van der Waals surface area (Å²) in [6.45, 7) is -0.292. The minimum Gasteiger partial charge on any atom is -0.480 e. The van der Waals surface area contributed by atoms with Crippen molar-refractivity contribution in [3.05, 3.63) is 0 Å². The Labute approximate surface area is 121 Å². The van der Waals surface area contributed by atoms with Crippen LogP contribution in [0.3, 0.4) is 0 Å². The predicted molar refractivity (Wildman–Crippen MR) is 71.9 cm³/mol. The van der Waals surface area contributed by atoms with Gasteiger partial charge in [0.05, 0.1) is 6.42 Å². The molecule has 0 unspecified atom stereocenters. The Kier molecular flexibility index (Phi) is 5.94. The third-order valence-electron chi connectivity index (χ3n) is 3.35. The molecule has 0 aromatic carbocycles. The lowest BCUT2D eigenvalue weighted by atomic mass is 10.2. The van der Waals surface area contributed by atoms with Gasteiger partial charge < -0.3 is 26.8 Å². The maximum atomic E-state index is 12.2. The number of nitrogens with two attached hydrogens (primary N) is 2. The van der Waals surface area contributed by atoms with Crippen molar-refractivity contribution in [3.8, 4) is 0 Å². The number of carbonyl (C=O) groups is 4. The van der Waals surface area contributed by atoms with Crippen LogP contribution in [0.2, 0.25) is 0 Å². The van der Waals surface area contributed by atoms with Crippen molar-refractivity contribution < 1.29 is 24.3 Å². The minimum absolute atomic E-state index is 0.152. The van der Waals surface area contributed by atoms with Gasteiger partial charge in [-0.05, 0) is 12.8 Å². The van der Waals surface area contributed by atoms with Crippen LogP contribution in [0, 0.1) is 0 Å². The molecule has 0 heterocycles. The topological polar surface area (TPSA) is 156 Å². The molecule has 0 bridgehead atoms. The molecule has 4 amide bonds. The maximum Gasteiger partial charge on any atom is 0.326 e. The Hall–Kier alpha value is -2.32. The normalized spacial score (nSPS) is 16.2. The van der Waals surface area contributed by atoms with Gasteiger partial charge in [0, 0.05) is 6.04 Å². The second kappa shape index (κ2) is 7.46. The van der Waals surface area contributed by atoms with Gasteiger partial charge in [-0.15, -0.1) is 0 Å². The van der Waals surface area contributed by atoms with E-state index in [-0.39, 0.29) is 12.6 Å². The van der Waals surface area contributed by atoms with Gasteiger partial charge in [0.2, 0.25) is 11.8 Å². The first kappa shape index (κ1) is 16.7. The Balaban J connectivity index is 2.75. The number of aliphatic carboxylic acids is 1. The van der Waals surface area contributed by atoms with E-state index in [9.17, 15) is 19.2 Å². The van der Waals surface area contributed by atoms with Crippen LogP contribution in [0.1, 0.15) is 32.1 Å². The molecule has 0 radical (unpaired) electrons. The SMILES string of the molecule is NC(=O)C[C@H](NC(=O)N(CC(N)=O)C1CCCC1)C(=O)O. The van der Waals surface area contributed by atoms with Gasteiger partial charge in [-0.3, -0.25) is 9.59 Å². The number of nitrogens with one attached hydrogen (secondary N) is 1. The van der Waals surface area contributed by atoms with Gasteiger partial charge in [0.1, 0.15) is 12.6 Å². The highest BCUT2D eigenvalue weighted by atomic mass is 16.4. The molecule has 21 heavy (non-hydrogen) atoms. The summed E-state index contributed by atoms with van der Waals surface area (Å²) in [4.78, 5) is 46.3. The number of primary amides is 2. The average Bonchev–Trinajstić information content (AvgIpc) is 2.87. The maximum absolute atomic E-state index is 12.2. The molecule has 9 nitrogen and oxygen atoms in total. The zero-order valence-corrected chi connectivity index (χ0v) is 11.6. The molecule has 0 aliphatic heterocycles. The summed E-state index contributed by atoms with van der Waals surface area (Å²) in [6, 6.07) is -2.30. The Morgan fingerprint density at radius 3 is 2.14 bits per heavy atom. The fraction of sp³-hybridized carbons (Fsp3) is 0.667. The molecule has 0 aromatic rings. The molecule has 118 valence electrons. The van der Waals surface area contributed by atoms with E-state index < -0.39 is 36.3 Å². The molecule has 6 N–H and O–H groups in total. The van der Waals surface area contributed by atoms with Crippen LogP contribution in [-0.4, -0.2) is 52.4 Å². The van der Waals surface area contributed by atoms with Crippen LogP contribution in [-0.2, 0) is 14.4 Å². The van der Waals surface area contributed by atoms with Crippen LogP contribution in [0.15, 0.2) is 0 Å². The summed E-state index contributed by atoms with van der Waals surface area (Å²) in [5.41, 5.74) is 10.1. The third-order valence-corrected chi connectivity index (χ3v) is 3.35. The smallest absolute Gasteiger partial charge is 0.326 e. The highest BCUT2D eigenvalue weighted by Gasteiger charge is 2.31. The third kappa shape index (κ3) is 5.28. The molecular weight excluding hydrogens is 280 g/mol. The van der Waals surface area contributed by atoms with E-state index in [1.807, 2.05) is 0 Å². The molecule has 1 aliphatic rings. The highest BCUT2D eigenvalue weighted by molar-refractivity contribution is 5.89. The summed E-state index contributed by atoms with van der Waals surface area (Å²) < 4.78 is 0. The van der Waals surface area contributed by atoms with E-state index in [4.69, 9.17) is 16.6 Å². The second-order valence-electron chi connectivity index (χ2n) is 5.04. The highest BCUT2D eigenvalue weighted by Crippen LogP contribution is 2.23. The second-order valence-corrected chi connectivity index (χ2v) is 5.04. The number of carboxylic acids is 1. The van der Waals surface area contributed by atoms with E-state index in [0.29, 0.717) is 0 Å². The van der Waals surface area contributed by atoms with Gasteiger partial charge in [-0.25, -0.2) is 9.59 Å². The summed E-state index contributed by atoms with van der Waals surface area (Å²) in [6.07, 6.45) is 2.80. The van der Waals surface area contributed by atoms with Crippen molar-refractivity contribution in [1.82, 2.24) is 10.2 Å². The number of hydrogen-bond acceptors (Lipinski definition) is 4. The molecule has 1 saturated carbocycles. The van der Waals surface area contributed by atoms with E-state index in [0.717, 1.165) is 25.7 Å². The Morgan fingerprint density at radius 1 is 1.14 bits per heavy atom. The van der Waals surface area contributed by atoms with Crippen LogP contribution >= 0.6 is 0 Å². The fourth-order valence-corrected chi connectivity index (χ4v) is 2.38. The number of urea groups is 1. The summed E-state index contributed by atoms with van der Waals surface area (Å²) in [7, 11) is 0. The number of carbonyl (C=O) groups excluding carboxylic acids is 3. The lowest BCUT2D eigenvalue weighted by molar-refractivity contribution is -0.141. The number of nitrogens with zero attached hydrogens (tertiary/aromatic N) is 1. The molecule has 0 saturated heterocycles. The van der Waals surface area contributed by atoms with Crippen LogP contribution < -0.4 is 16.8 Å². The molecule has 0 aromatic heterocycles. The summed E-state index contributed by atoms with van der Waals surface area (Å²) in [5.74, 6) is -2.89. The van der Waals surface area contributed by atoms with Crippen LogP contribution in [0.5, 0.6) is 0 Å². The molecule has 9 heteroatoms. The number of carboxylic acid groups (broad SMARTS) is 1. The van der Waals surface area contributed by atoms with Gasteiger partial charge in [0.15, 0.2) is 0 Å². The lowest BCUT2D eigenvalue weighted by Gasteiger charge is -2.29. The monoisotopic (exact) mass is 300 g/mol. The molecule has 1 rings (SSSR count). The number of hydrogen-bond donors (Lipinski definition) is 4. The first-order valence-corrected chi connectivity index (χ1v) is 6.67. The first-order valence-electron chi connectivity index (χ1n) is 6.67. The van der Waals surface area contributed by atoms with Crippen molar-refractivity contribution in [3.63, 3.8) is 0 Å². The van der Waals surface area contributed by atoms with Crippen LogP contribution in [0.25, 0.3) is 0 Å². The quantitative estimate of drug-likeness (QED) is 0.462. The van der Waals surface area contributed by atoms with Gasteiger partial charge in [0.25, 0.3) is 0 Å². The van der Waals surface area contributed by atoms with Crippen molar-refractivity contribution in [2.75, 3.05) is 6.54 Å². The fourth-order valence-electron chi connectivity index (χ4n) is 2.38. The minimum atomic E-state index is -1.42. The summed E-state index contributed by atoms with van der Waals surface area (Å²) in [5, 5.41) is 11.2. The van der Waals surface area contributed by atoms with Crippen molar-refractivity contribution >= 4 is 23.8 Å². The number of amides is 4. The van der Waals surface area contributed by atoms with Gasteiger partial charge in [-0.1, -0.05) is 12.8 Å². The van der Waals surface area contributed by atoms with Crippen molar-refractivity contribution in [2.45, 2.75) is 44.2 Å². The average molecular weight is 300 g/mol. The standard InChI is InChI=1S/C12H20N4O5/c13-9(17)5-8(11(19)20)15-12(21)16(6-10(14)18)7-3-1-2-4-7/h7-8H,1-6H2,(H2,13,17)(H2,14,18)(H,15,21)(H,19,20)/t8-/m0/s1. The van der Waals surface area contributed by atoms with E-state index in [1.165, 1.54) is 4.90 Å². The molecule has 1 fully saturated rings. The van der Waals surface area contributed by atoms with Crippen LogP contribution in [0.4, 0.5) is 4.79 Å². The predicted octanol–water partition coefficient (Wildman–Crippen LogP) is -1.25. The molecule has 1 aliphatic carbocycles. The molecule has 0 spiro atoms. The summed E-state index contributed by atoms with van der Waals surface area (Å²) >= 11 is 0. The Morgan fingerprint density at radius 2 is 1.71 bits per heavy atom. The van der Waals surface area contributed by atoms with Gasteiger partial charge in [-0.2, -0.15) is 0 Å². The lowest BCUT2D eigenvalue weighted by Crippen LogP contribution is -2.53. The molecule has 1 atom stereocenters. The molecular formula is C12H20N4O5. The zero-order chi connectivity index (χ0) is 16.0. The Bertz CT molecular complexity index is 433. The van der Waals surface area contributed by atoms with E-state index >= 15 is 0 Å². The zero-order valence-electron chi connectivity index (χ0n) is 11.6. The van der Waals surface area contributed by atoms with E-state index in [1.54, 1.807) is 0 Å². The van der Waals surface area contributed by atoms with Crippen molar-refractivity contribution in [1.29, 1.82) is 0 Å². The van der Waals surface area contributed by atoms with E-state index in [2.05, 4.69) is 5.32 Å². The largest absolute Gasteiger partial charge is 0.480 e. The van der Waals surface area contributed by atoms with Crippen molar-refractivity contribution in [2.24, 2.45) is 11.5 Å². The number of rotatable bonds is 7. The van der Waals surface area contributed by atoms with Gasteiger partial charge >= 0.3 is 12.0 Å².